The first-order valence-electron chi connectivity index (χ1n) is 5.32. The summed E-state index contributed by atoms with van der Waals surface area (Å²) in [6, 6.07) is 1.87. The van der Waals surface area contributed by atoms with Crippen LogP contribution in [0.1, 0.15) is 26.3 Å². The molecule has 0 saturated heterocycles. The van der Waals surface area contributed by atoms with Crippen LogP contribution in [0, 0.1) is 0 Å². The van der Waals surface area contributed by atoms with E-state index >= 15 is 0 Å². The van der Waals surface area contributed by atoms with Crippen LogP contribution in [0.25, 0.3) is 0 Å². The first-order chi connectivity index (χ1) is 7.79. The third kappa shape index (κ3) is 4.73. The number of amides is 1. The van der Waals surface area contributed by atoms with E-state index in [1.807, 2.05) is 26.8 Å². The van der Waals surface area contributed by atoms with E-state index in [0.29, 0.717) is 6.54 Å². The largest absolute Gasteiger partial charge is 0.444 e. The summed E-state index contributed by atoms with van der Waals surface area (Å²) in [6.07, 6.45) is 3.07. The highest BCUT2D eigenvalue weighted by Gasteiger charge is 2.19. The number of halogens is 1. The van der Waals surface area contributed by atoms with Gasteiger partial charge < -0.3 is 9.64 Å². The normalized spacial score (nSPS) is 11.1. The molecule has 1 amide bonds. The molecule has 0 atom stereocenters. The van der Waals surface area contributed by atoms with E-state index < -0.39 is 5.60 Å². The van der Waals surface area contributed by atoms with Crippen molar-refractivity contribution in [3.8, 4) is 0 Å². The van der Waals surface area contributed by atoms with Crippen LogP contribution in [0.2, 0.25) is 0 Å². The van der Waals surface area contributed by atoms with Gasteiger partial charge in [-0.2, -0.15) is 0 Å². The topological polar surface area (TPSA) is 42.4 Å². The summed E-state index contributed by atoms with van der Waals surface area (Å²) < 4.78 is 6.15. The van der Waals surface area contributed by atoms with Crippen molar-refractivity contribution in [1.29, 1.82) is 0 Å². The minimum Gasteiger partial charge on any atom is -0.444 e. The third-order valence-corrected chi connectivity index (χ3v) is 2.68. The molecule has 0 spiro atoms. The summed E-state index contributed by atoms with van der Waals surface area (Å²) in [5, 5.41) is 0. The van der Waals surface area contributed by atoms with E-state index in [-0.39, 0.29) is 6.09 Å². The molecule has 17 heavy (non-hydrogen) atoms. The molecule has 0 aliphatic heterocycles. The Bertz CT molecular complexity index is 402. The molecule has 1 aromatic rings. The number of pyridine rings is 1. The van der Waals surface area contributed by atoms with Gasteiger partial charge in [-0.3, -0.25) is 4.98 Å². The zero-order valence-electron chi connectivity index (χ0n) is 10.5. The second-order valence-corrected chi connectivity index (χ2v) is 5.66. The molecule has 0 aliphatic rings. The maximum Gasteiger partial charge on any atom is 0.410 e. The number of nitrogens with zero attached hydrogens (tertiary/aromatic N) is 2. The van der Waals surface area contributed by atoms with Crippen LogP contribution in [0.3, 0.4) is 0 Å². The lowest BCUT2D eigenvalue weighted by molar-refractivity contribution is 0.0285. The maximum atomic E-state index is 11.7. The van der Waals surface area contributed by atoms with Crippen molar-refractivity contribution in [2.45, 2.75) is 32.9 Å². The monoisotopic (exact) mass is 300 g/mol. The van der Waals surface area contributed by atoms with E-state index in [2.05, 4.69) is 20.9 Å². The molecule has 5 heteroatoms. The molecular weight excluding hydrogens is 284 g/mol. The quantitative estimate of drug-likeness (QED) is 0.842. The van der Waals surface area contributed by atoms with Crippen molar-refractivity contribution in [2.75, 3.05) is 7.05 Å². The van der Waals surface area contributed by atoms with Crippen molar-refractivity contribution in [3.05, 3.63) is 28.5 Å². The second-order valence-electron chi connectivity index (χ2n) is 4.80. The molecular formula is C12H17BrN2O2. The molecule has 0 fully saturated rings. The van der Waals surface area contributed by atoms with Crippen molar-refractivity contribution >= 4 is 22.0 Å². The molecule has 0 unspecified atom stereocenters. The van der Waals surface area contributed by atoms with Gasteiger partial charge in [0.2, 0.25) is 0 Å². The molecule has 0 aliphatic carbocycles. The number of hydrogen-bond acceptors (Lipinski definition) is 3. The van der Waals surface area contributed by atoms with Gasteiger partial charge in [-0.05, 0) is 48.3 Å². The van der Waals surface area contributed by atoms with E-state index in [0.717, 1.165) is 10.0 Å². The molecule has 1 heterocycles. The molecule has 0 aromatic carbocycles. The predicted octanol–water partition coefficient (Wildman–Crippen LogP) is 3.21. The van der Waals surface area contributed by atoms with Crippen LogP contribution in [-0.4, -0.2) is 28.6 Å². The Kier molecular flexibility index (Phi) is 4.51. The van der Waals surface area contributed by atoms with Gasteiger partial charge in [0, 0.05) is 30.5 Å². The molecule has 0 N–H and O–H groups in total. The van der Waals surface area contributed by atoms with Gasteiger partial charge in [-0.15, -0.1) is 0 Å². The Morgan fingerprint density at radius 2 is 2.18 bits per heavy atom. The van der Waals surface area contributed by atoms with Gasteiger partial charge >= 0.3 is 6.09 Å². The highest BCUT2D eigenvalue weighted by molar-refractivity contribution is 9.10. The summed E-state index contributed by atoms with van der Waals surface area (Å²) >= 11 is 3.39. The molecule has 0 radical (unpaired) electrons. The number of ether oxygens (including phenoxy) is 1. The van der Waals surface area contributed by atoms with Crippen molar-refractivity contribution in [3.63, 3.8) is 0 Å². The SMILES string of the molecule is CN(Cc1ccncc1Br)C(=O)OC(C)(C)C. The zero-order valence-corrected chi connectivity index (χ0v) is 12.1. The molecule has 94 valence electrons. The van der Waals surface area contributed by atoms with Crippen LogP contribution in [-0.2, 0) is 11.3 Å². The summed E-state index contributed by atoms with van der Waals surface area (Å²) in [7, 11) is 1.71. The number of hydrogen-bond donors (Lipinski definition) is 0. The fourth-order valence-corrected chi connectivity index (χ4v) is 1.57. The maximum absolute atomic E-state index is 11.7. The molecule has 1 aromatic heterocycles. The summed E-state index contributed by atoms with van der Waals surface area (Å²) in [6.45, 7) is 6.03. The fraction of sp³-hybridized carbons (Fsp3) is 0.500. The molecule has 4 nitrogen and oxygen atoms in total. The minimum absolute atomic E-state index is 0.332. The van der Waals surface area contributed by atoms with Gasteiger partial charge in [0.05, 0.1) is 0 Å². The number of rotatable bonds is 2. The summed E-state index contributed by atoms with van der Waals surface area (Å²) in [5.41, 5.74) is 0.522. The molecule has 1 rings (SSSR count). The minimum atomic E-state index is -0.471. The van der Waals surface area contributed by atoms with Crippen molar-refractivity contribution in [2.24, 2.45) is 0 Å². The molecule has 0 bridgehead atoms. The van der Waals surface area contributed by atoms with E-state index in [1.165, 1.54) is 4.90 Å². The van der Waals surface area contributed by atoms with E-state index in [9.17, 15) is 4.79 Å². The Morgan fingerprint density at radius 3 is 2.71 bits per heavy atom. The lowest BCUT2D eigenvalue weighted by Gasteiger charge is -2.24. The van der Waals surface area contributed by atoms with Gasteiger partial charge in [0.25, 0.3) is 0 Å². The van der Waals surface area contributed by atoms with Crippen LogP contribution in [0.5, 0.6) is 0 Å². The second kappa shape index (κ2) is 5.49. The third-order valence-electron chi connectivity index (χ3n) is 1.97. The van der Waals surface area contributed by atoms with Crippen LogP contribution < -0.4 is 0 Å². The van der Waals surface area contributed by atoms with Crippen LogP contribution in [0.15, 0.2) is 22.9 Å². The summed E-state index contributed by atoms with van der Waals surface area (Å²) in [4.78, 5) is 17.3. The first-order valence-corrected chi connectivity index (χ1v) is 6.11. The number of aromatic nitrogens is 1. The van der Waals surface area contributed by atoms with Crippen molar-refractivity contribution < 1.29 is 9.53 Å². The number of carbonyl (C=O) groups is 1. The standard InChI is InChI=1S/C12H17BrN2O2/c1-12(2,3)17-11(16)15(4)8-9-5-6-14-7-10(9)13/h5-7H,8H2,1-4H3. The van der Waals surface area contributed by atoms with Gasteiger partial charge in [0.15, 0.2) is 0 Å². The Labute approximate surface area is 110 Å². The smallest absolute Gasteiger partial charge is 0.410 e. The van der Waals surface area contributed by atoms with E-state index in [1.54, 1.807) is 19.4 Å². The Hall–Kier alpha value is -1.10. The van der Waals surface area contributed by atoms with Crippen LogP contribution >= 0.6 is 15.9 Å². The highest BCUT2D eigenvalue weighted by atomic mass is 79.9. The zero-order chi connectivity index (χ0) is 13.1. The average molecular weight is 301 g/mol. The lowest BCUT2D eigenvalue weighted by atomic mass is 10.2. The Morgan fingerprint density at radius 1 is 1.53 bits per heavy atom. The number of carbonyl (C=O) groups excluding carboxylic acids is 1. The predicted molar refractivity (Wildman–Crippen MR) is 69.6 cm³/mol. The van der Waals surface area contributed by atoms with E-state index in [4.69, 9.17) is 4.74 Å². The molecule has 0 saturated carbocycles. The van der Waals surface area contributed by atoms with Crippen molar-refractivity contribution in [1.82, 2.24) is 9.88 Å². The van der Waals surface area contributed by atoms with Gasteiger partial charge in [0.1, 0.15) is 5.60 Å². The van der Waals surface area contributed by atoms with Gasteiger partial charge in [-0.25, -0.2) is 4.79 Å². The highest BCUT2D eigenvalue weighted by Crippen LogP contribution is 2.17. The average Bonchev–Trinajstić information content (AvgIpc) is 2.18. The van der Waals surface area contributed by atoms with Crippen LogP contribution in [0.4, 0.5) is 4.79 Å². The summed E-state index contributed by atoms with van der Waals surface area (Å²) in [5.74, 6) is 0. The van der Waals surface area contributed by atoms with Gasteiger partial charge in [-0.1, -0.05) is 0 Å². The Balaban J connectivity index is 2.64. The lowest BCUT2D eigenvalue weighted by Crippen LogP contribution is -2.33. The fourth-order valence-electron chi connectivity index (χ4n) is 1.19. The first kappa shape index (κ1) is 14.0.